The zero-order valence-electron chi connectivity index (χ0n) is 39.2. The van der Waals surface area contributed by atoms with Crippen LogP contribution in [0.25, 0.3) is 0 Å². The summed E-state index contributed by atoms with van der Waals surface area (Å²) in [5.74, 6) is -5.48. The fourth-order valence-electron chi connectivity index (χ4n) is 10.8. The van der Waals surface area contributed by atoms with Crippen molar-refractivity contribution in [2.24, 2.45) is 16.7 Å². The third kappa shape index (κ3) is 8.05. The van der Waals surface area contributed by atoms with Gasteiger partial charge in [0.15, 0.2) is 41.9 Å². The molecule has 2 aliphatic heterocycles. The number of aromatic nitrogens is 1. The minimum Gasteiger partial charge on any atom is -0.454 e. The number of pyridine rings is 1. The summed E-state index contributed by atoms with van der Waals surface area (Å²) in [5.41, 5.74) is -8.81. The molecule has 4 fully saturated rings. The Labute approximate surface area is 386 Å². The molecule has 2 bridgehead atoms. The fourth-order valence-corrected chi connectivity index (χ4v) is 10.8. The Kier molecular flexibility index (Phi) is 12.8. The van der Waals surface area contributed by atoms with Crippen LogP contribution in [0.15, 0.2) is 65.9 Å². The van der Waals surface area contributed by atoms with Gasteiger partial charge in [0.05, 0.1) is 35.3 Å². The lowest BCUT2D eigenvalue weighted by Crippen LogP contribution is -2.83. The molecule has 20 heteroatoms. The van der Waals surface area contributed by atoms with E-state index in [1.165, 1.54) is 59.4 Å². The summed E-state index contributed by atoms with van der Waals surface area (Å²) in [5, 5.41) is 14.4. The van der Waals surface area contributed by atoms with Crippen molar-refractivity contribution in [3.8, 4) is 0 Å². The number of carbonyl (C=O) groups excluding carboxylic acids is 7. The lowest BCUT2D eigenvalue weighted by Gasteiger charge is -2.67. The first-order chi connectivity index (χ1) is 31.3. The average Bonchev–Trinajstić information content (AvgIpc) is 3.62. The van der Waals surface area contributed by atoms with Gasteiger partial charge in [-0.1, -0.05) is 38.1 Å². The molecular formula is C47H57N3O17. The van der Waals surface area contributed by atoms with Crippen LogP contribution < -0.4 is 5.32 Å². The maximum Gasteiger partial charge on any atom is 0.509 e. The van der Waals surface area contributed by atoms with E-state index in [4.69, 9.17) is 42.6 Å². The molecule has 2 saturated heterocycles. The molecule has 5 aliphatic rings. The van der Waals surface area contributed by atoms with E-state index in [1.807, 2.05) is 0 Å². The van der Waals surface area contributed by atoms with Crippen LogP contribution in [-0.4, -0.2) is 144 Å². The number of ketones is 1. The minimum atomic E-state index is -2.37. The molecule has 1 aromatic carbocycles. The number of Topliss-reactive ketones (excluding diaryl/α,β-unsaturated/α-hetero) is 1. The van der Waals surface area contributed by atoms with E-state index >= 15 is 4.79 Å². The van der Waals surface area contributed by atoms with Gasteiger partial charge in [-0.15, -0.1) is 0 Å². The van der Waals surface area contributed by atoms with Crippen LogP contribution in [0.4, 0.5) is 14.4 Å². The van der Waals surface area contributed by atoms with E-state index in [2.05, 4.69) is 10.3 Å². The second-order valence-corrected chi connectivity index (χ2v) is 19.4. The van der Waals surface area contributed by atoms with Crippen LogP contribution in [0.3, 0.4) is 0 Å². The van der Waals surface area contributed by atoms with Gasteiger partial charge in [0.25, 0.3) is 0 Å². The second kappa shape index (κ2) is 17.5. The van der Waals surface area contributed by atoms with Crippen molar-refractivity contribution in [2.75, 3.05) is 27.8 Å². The van der Waals surface area contributed by atoms with Crippen LogP contribution in [0.2, 0.25) is 0 Å². The molecule has 2 saturated carbocycles. The molecule has 0 radical (unpaired) electrons. The summed E-state index contributed by atoms with van der Waals surface area (Å²) in [4.78, 5) is 105. The summed E-state index contributed by atoms with van der Waals surface area (Å²) in [6.45, 7) is 11.8. The molecule has 20 nitrogen and oxygen atoms in total. The van der Waals surface area contributed by atoms with E-state index < -0.39 is 124 Å². The summed E-state index contributed by atoms with van der Waals surface area (Å²) < 4.78 is 55.3. The number of carbonyl (C=O) groups is 7. The third-order valence-corrected chi connectivity index (χ3v) is 13.7. The Bertz CT molecular complexity index is 2350. The Morgan fingerprint density at radius 1 is 0.970 bits per heavy atom. The number of rotatable bonds is 10. The van der Waals surface area contributed by atoms with Gasteiger partial charge in [0.1, 0.15) is 17.7 Å². The highest BCUT2D eigenvalue weighted by atomic mass is 16.8. The molecule has 1 aromatic heterocycles. The quantitative estimate of drug-likeness (QED) is 0.193. The lowest BCUT2D eigenvalue weighted by atomic mass is 9.44. The van der Waals surface area contributed by atoms with E-state index in [9.17, 15) is 33.9 Å². The number of alkyl carbamates (subject to hydrolysis) is 1. The van der Waals surface area contributed by atoms with Gasteiger partial charge in [-0.25, -0.2) is 24.0 Å². The number of fused-ring (bicyclic) bond motifs is 4. The topological polar surface area (TPSA) is 251 Å². The van der Waals surface area contributed by atoms with Crippen molar-refractivity contribution in [1.82, 2.24) is 15.2 Å². The van der Waals surface area contributed by atoms with Gasteiger partial charge < -0.3 is 58.0 Å². The maximum absolute atomic E-state index is 16.1. The summed E-state index contributed by atoms with van der Waals surface area (Å²) in [6, 6.07) is 10.8. The normalized spacial score (nSPS) is 32.3. The van der Waals surface area contributed by atoms with Gasteiger partial charge in [-0.2, -0.15) is 0 Å². The Morgan fingerprint density at radius 3 is 2.21 bits per heavy atom. The highest BCUT2D eigenvalue weighted by Crippen LogP contribution is 2.67. The van der Waals surface area contributed by atoms with Gasteiger partial charge in [-0.05, 0) is 70.0 Å². The SMILES string of the molecule is CO[C@H]1C[C@H]2OC[C@@]2(OC(C)=O)[C@H]2[C@H](OC(=O)c3ccccc3)[C@]34OC(=O)O[C@H]3[C@H](OC(=O)[C@H](O)[C@@H](NC(=O)OC(C)(C)C)c3ccccn3)C(C)=C([C@@H](OC(=O)N(C)C)C(=O)[C@]12C)C4(C)C. The fraction of sp³-hybridized carbons (Fsp3) is 0.574. The van der Waals surface area contributed by atoms with Crippen molar-refractivity contribution < 1.29 is 81.3 Å². The lowest BCUT2D eigenvalue weighted by molar-refractivity contribution is -0.347. The first-order valence-electron chi connectivity index (χ1n) is 21.8. The molecule has 3 aliphatic carbocycles. The van der Waals surface area contributed by atoms with Gasteiger partial charge in [0, 0.05) is 46.2 Å². The molecule has 3 heterocycles. The van der Waals surface area contributed by atoms with Crippen LogP contribution in [-0.2, 0) is 57.0 Å². The number of esters is 3. The molecule has 0 unspecified atom stereocenters. The number of hydrogen-bond acceptors (Lipinski definition) is 18. The van der Waals surface area contributed by atoms with E-state index in [0.29, 0.717) is 0 Å². The minimum absolute atomic E-state index is 0.0291. The number of ether oxygens (including phenoxy) is 9. The van der Waals surface area contributed by atoms with Crippen molar-refractivity contribution >= 4 is 42.0 Å². The monoisotopic (exact) mass is 935 g/mol. The first-order valence-corrected chi connectivity index (χ1v) is 21.8. The predicted molar refractivity (Wildman–Crippen MR) is 229 cm³/mol. The van der Waals surface area contributed by atoms with Crippen molar-refractivity contribution in [1.29, 1.82) is 0 Å². The number of nitrogens with zero attached hydrogens (tertiary/aromatic N) is 2. The van der Waals surface area contributed by atoms with E-state index in [-0.39, 0.29) is 35.4 Å². The number of hydrogen-bond donors (Lipinski definition) is 2. The van der Waals surface area contributed by atoms with Crippen LogP contribution in [0, 0.1) is 16.7 Å². The van der Waals surface area contributed by atoms with Crippen molar-refractivity contribution in [3.05, 3.63) is 77.1 Å². The Balaban J connectivity index is 1.49. The molecular weight excluding hydrogens is 879 g/mol. The Hall–Kier alpha value is -6.12. The summed E-state index contributed by atoms with van der Waals surface area (Å²) >= 11 is 0. The smallest absolute Gasteiger partial charge is 0.454 e. The average molecular weight is 936 g/mol. The molecule has 7 rings (SSSR count). The number of nitrogens with one attached hydrogen (secondary N) is 1. The second-order valence-electron chi connectivity index (χ2n) is 19.4. The zero-order chi connectivity index (χ0) is 49.2. The molecule has 1 spiro atoms. The van der Waals surface area contributed by atoms with Crippen molar-refractivity contribution in [2.45, 2.75) is 127 Å². The summed E-state index contributed by atoms with van der Waals surface area (Å²) in [6.07, 6.45) is -13.6. The molecule has 2 N–H and O–H groups in total. The number of aliphatic hydroxyl groups excluding tert-OH is 1. The first kappa shape index (κ1) is 48.8. The largest absolute Gasteiger partial charge is 0.509 e. The number of methoxy groups -OCH3 is 1. The molecule has 2 amide bonds. The van der Waals surface area contributed by atoms with Gasteiger partial charge in [-0.3, -0.25) is 14.6 Å². The Morgan fingerprint density at radius 2 is 1.64 bits per heavy atom. The van der Waals surface area contributed by atoms with Crippen LogP contribution in [0.5, 0.6) is 0 Å². The van der Waals surface area contributed by atoms with E-state index in [0.717, 1.165) is 11.8 Å². The highest BCUT2D eigenvalue weighted by Gasteiger charge is 2.83. The maximum atomic E-state index is 16.1. The predicted octanol–water partition coefficient (Wildman–Crippen LogP) is 4.17. The highest BCUT2D eigenvalue weighted by molar-refractivity contribution is 5.96. The van der Waals surface area contributed by atoms with Gasteiger partial charge >= 0.3 is 36.2 Å². The zero-order valence-corrected chi connectivity index (χ0v) is 39.2. The van der Waals surface area contributed by atoms with Gasteiger partial charge in [0.2, 0.25) is 5.60 Å². The number of amides is 2. The third-order valence-electron chi connectivity index (χ3n) is 13.7. The molecule has 2 aromatic rings. The van der Waals surface area contributed by atoms with Crippen LogP contribution in [0.1, 0.15) is 83.9 Å². The molecule has 12 atom stereocenters. The van der Waals surface area contributed by atoms with E-state index in [1.54, 1.807) is 65.0 Å². The number of aliphatic hydroxyl groups is 1. The number of benzene rings is 1. The molecule has 362 valence electrons. The standard InChI is InChI=1S/C47H57N3O17/c1-23-29-33(62-41(57)50(9)10)35(53)45(8)27(59-11)21-28-46(22-60-28,65-24(2)51)34(45)37(63-38(54)25-17-13-12-14-18-25)47(44(29,6)7)36(64-42(58)67-47)32(23)61-39(55)31(52)30(26-19-15-16-20-48-26)49-40(56)66-43(3,4)5/h12-20,27-28,30-34,36-37,52H,21-22H2,1-11H3,(H,49,56)/t27-,28+,30-,31+,32+,33+,34-,36-,37-,45+,46-,47+/m0/s1. The van der Waals surface area contributed by atoms with Crippen molar-refractivity contribution in [3.63, 3.8) is 0 Å². The summed E-state index contributed by atoms with van der Waals surface area (Å²) in [7, 11) is 4.15. The van der Waals surface area contributed by atoms with Crippen LogP contribution >= 0.6 is 0 Å². The molecule has 67 heavy (non-hydrogen) atoms.